The molecule has 1 atom stereocenters. The van der Waals surface area contributed by atoms with Gasteiger partial charge in [-0.15, -0.1) is 0 Å². The zero-order chi connectivity index (χ0) is 16.9. The summed E-state index contributed by atoms with van der Waals surface area (Å²) in [6.07, 6.45) is 0. The molecule has 1 aliphatic rings. The molecular weight excluding hydrogens is 304 g/mol. The normalized spacial score (nSPS) is 14.9. The van der Waals surface area contributed by atoms with Crippen molar-refractivity contribution < 1.29 is 28.9 Å². The largest absolute Gasteiger partial charge is 0.454 e. The van der Waals surface area contributed by atoms with Gasteiger partial charge in [0, 0.05) is 20.2 Å². The van der Waals surface area contributed by atoms with Crippen LogP contribution in [0.3, 0.4) is 0 Å². The van der Waals surface area contributed by atoms with E-state index in [9.17, 15) is 14.7 Å². The third kappa shape index (κ3) is 4.83. The predicted octanol–water partition coefficient (Wildman–Crippen LogP) is -0.455. The van der Waals surface area contributed by atoms with Crippen molar-refractivity contribution in [2.75, 3.05) is 27.1 Å². The number of nitrogens with one attached hydrogen (secondary N) is 2. The third-order valence-electron chi connectivity index (χ3n) is 3.18. The Balaban J connectivity index is 1.79. The van der Waals surface area contributed by atoms with E-state index in [0.717, 1.165) is 5.56 Å². The second kappa shape index (κ2) is 7.30. The van der Waals surface area contributed by atoms with Crippen molar-refractivity contribution in [3.05, 3.63) is 23.8 Å². The lowest BCUT2D eigenvalue weighted by Gasteiger charge is -2.22. The van der Waals surface area contributed by atoms with Crippen LogP contribution >= 0.6 is 0 Å². The van der Waals surface area contributed by atoms with Gasteiger partial charge in [0.1, 0.15) is 5.60 Å². The quantitative estimate of drug-likeness (QED) is 0.612. The lowest BCUT2D eigenvalue weighted by Crippen LogP contribution is -2.48. The molecule has 1 heterocycles. The van der Waals surface area contributed by atoms with Crippen LogP contribution in [0.1, 0.15) is 12.5 Å². The maximum Gasteiger partial charge on any atom is 0.309 e. The van der Waals surface area contributed by atoms with Crippen LogP contribution in [0.5, 0.6) is 11.5 Å². The molecule has 0 unspecified atom stereocenters. The summed E-state index contributed by atoms with van der Waals surface area (Å²) in [7, 11) is 1.44. The van der Waals surface area contributed by atoms with Crippen LogP contribution in [-0.2, 0) is 20.9 Å². The molecule has 1 aromatic carbocycles. The van der Waals surface area contributed by atoms with Crippen molar-refractivity contribution in [1.82, 2.24) is 10.6 Å². The summed E-state index contributed by atoms with van der Waals surface area (Å²) in [6.45, 7) is 1.82. The van der Waals surface area contributed by atoms with E-state index in [-0.39, 0.29) is 26.5 Å². The number of hydrogen-bond donors (Lipinski definition) is 3. The Morgan fingerprint density at radius 3 is 2.70 bits per heavy atom. The molecule has 2 rings (SSSR count). The zero-order valence-corrected chi connectivity index (χ0v) is 13.0. The summed E-state index contributed by atoms with van der Waals surface area (Å²) in [5.41, 5.74) is -0.455. The Bertz CT molecular complexity index is 587. The second-order valence-corrected chi connectivity index (χ2v) is 5.48. The van der Waals surface area contributed by atoms with Crippen molar-refractivity contribution >= 4 is 11.8 Å². The van der Waals surface area contributed by atoms with E-state index in [4.69, 9.17) is 14.2 Å². The van der Waals surface area contributed by atoms with Gasteiger partial charge in [0.25, 0.3) is 0 Å². The van der Waals surface area contributed by atoms with Gasteiger partial charge >= 0.3 is 11.8 Å². The summed E-state index contributed by atoms with van der Waals surface area (Å²) in [4.78, 5) is 23.4. The van der Waals surface area contributed by atoms with Crippen molar-refractivity contribution in [3.8, 4) is 11.5 Å². The van der Waals surface area contributed by atoms with Gasteiger partial charge in [0.2, 0.25) is 6.79 Å². The molecule has 0 spiro atoms. The third-order valence-corrected chi connectivity index (χ3v) is 3.18. The van der Waals surface area contributed by atoms with Gasteiger partial charge in [-0.3, -0.25) is 9.59 Å². The smallest absolute Gasteiger partial charge is 0.309 e. The Morgan fingerprint density at radius 2 is 1.96 bits per heavy atom. The maximum absolute atomic E-state index is 11.7. The van der Waals surface area contributed by atoms with Crippen molar-refractivity contribution in [3.63, 3.8) is 0 Å². The number of methoxy groups -OCH3 is 1. The van der Waals surface area contributed by atoms with Gasteiger partial charge in [-0.1, -0.05) is 6.07 Å². The minimum atomic E-state index is -1.23. The molecular formula is C15H20N2O6. The van der Waals surface area contributed by atoms with Gasteiger partial charge < -0.3 is 30.0 Å². The van der Waals surface area contributed by atoms with Crippen LogP contribution in [0.25, 0.3) is 0 Å². The number of benzene rings is 1. The highest BCUT2D eigenvalue weighted by molar-refractivity contribution is 6.35. The molecule has 2 amide bonds. The molecule has 3 N–H and O–H groups in total. The van der Waals surface area contributed by atoms with E-state index in [2.05, 4.69) is 10.6 Å². The summed E-state index contributed by atoms with van der Waals surface area (Å²) in [6, 6.07) is 5.25. The number of hydrogen-bond acceptors (Lipinski definition) is 6. The molecule has 0 radical (unpaired) electrons. The van der Waals surface area contributed by atoms with E-state index in [1.165, 1.54) is 14.0 Å². The Hall–Kier alpha value is -2.32. The first kappa shape index (κ1) is 17.0. The fraction of sp³-hybridized carbons (Fsp3) is 0.467. The van der Waals surface area contributed by atoms with Gasteiger partial charge in [-0.25, -0.2) is 0 Å². The first-order chi connectivity index (χ1) is 10.9. The lowest BCUT2D eigenvalue weighted by molar-refractivity contribution is -0.140. The summed E-state index contributed by atoms with van der Waals surface area (Å²) >= 11 is 0. The topological polar surface area (TPSA) is 106 Å². The van der Waals surface area contributed by atoms with Crippen LogP contribution in [0.4, 0.5) is 0 Å². The first-order valence-electron chi connectivity index (χ1n) is 7.07. The number of carbonyl (C=O) groups is 2. The second-order valence-electron chi connectivity index (χ2n) is 5.48. The number of amides is 2. The number of fused-ring (bicyclic) bond motifs is 1. The van der Waals surface area contributed by atoms with Crippen molar-refractivity contribution in [2.45, 2.75) is 19.1 Å². The average Bonchev–Trinajstić information content (AvgIpc) is 2.97. The van der Waals surface area contributed by atoms with Crippen LogP contribution in [-0.4, -0.2) is 49.6 Å². The monoisotopic (exact) mass is 324 g/mol. The van der Waals surface area contributed by atoms with Gasteiger partial charge in [0.05, 0.1) is 6.61 Å². The highest BCUT2D eigenvalue weighted by Gasteiger charge is 2.23. The van der Waals surface area contributed by atoms with Crippen LogP contribution in [0.2, 0.25) is 0 Å². The van der Waals surface area contributed by atoms with E-state index < -0.39 is 17.4 Å². The highest BCUT2D eigenvalue weighted by atomic mass is 16.7. The minimum absolute atomic E-state index is 0.0477. The Kier molecular flexibility index (Phi) is 5.41. The number of aliphatic hydroxyl groups is 1. The minimum Gasteiger partial charge on any atom is -0.454 e. The molecule has 126 valence electrons. The van der Waals surface area contributed by atoms with Crippen LogP contribution < -0.4 is 20.1 Å². The average molecular weight is 324 g/mol. The van der Waals surface area contributed by atoms with Crippen molar-refractivity contribution in [1.29, 1.82) is 0 Å². The van der Waals surface area contributed by atoms with Gasteiger partial charge in [-0.05, 0) is 24.6 Å². The molecule has 0 saturated carbocycles. The van der Waals surface area contributed by atoms with Gasteiger partial charge in [-0.2, -0.15) is 0 Å². The molecule has 1 aliphatic heterocycles. The van der Waals surface area contributed by atoms with Crippen molar-refractivity contribution in [2.24, 2.45) is 0 Å². The van der Waals surface area contributed by atoms with Crippen LogP contribution in [0, 0.1) is 0 Å². The fourth-order valence-corrected chi connectivity index (χ4v) is 2.03. The molecule has 8 nitrogen and oxygen atoms in total. The standard InChI is InChI=1S/C15H20N2O6/c1-15(20,8-21-2)7-17-14(19)13(18)16-6-10-3-4-11-12(5-10)23-9-22-11/h3-5,20H,6-9H2,1-2H3,(H,16,18)(H,17,19)/t15-/m1/s1. The predicted molar refractivity (Wildman–Crippen MR) is 79.9 cm³/mol. The summed E-state index contributed by atoms with van der Waals surface area (Å²) < 4.78 is 15.2. The van der Waals surface area contributed by atoms with Gasteiger partial charge in [0.15, 0.2) is 11.5 Å². The molecule has 0 aromatic heterocycles. The molecule has 0 aliphatic carbocycles. The first-order valence-corrected chi connectivity index (χ1v) is 7.07. The lowest BCUT2D eigenvalue weighted by atomic mass is 10.1. The number of ether oxygens (including phenoxy) is 3. The van der Waals surface area contributed by atoms with E-state index in [0.29, 0.717) is 11.5 Å². The van der Waals surface area contributed by atoms with E-state index >= 15 is 0 Å². The summed E-state index contributed by atoms with van der Waals surface area (Å²) in [5.74, 6) is -0.340. The Labute approximate surface area is 133 Å². The molecule has 0 fully saturated rings. The highest BCUT2D eigenvalue weighted by Crippen LogP contribution is 2.32. The van der Waals surface area contributed by atoms with Crippen LogP contribution in [0.15, 0.2) is 18.2 Å². The number of carbonyl (C=O) groups excluding carboxylic acids is 2. The molecule has 8 heteroatoms. The van der Waals surface area contributed by atoms with E-state index in [1.54, 1.807) is 18.2 Å². The molecule has 0 bridgehead atoms. The zero-order valence-electron chi connectivity index (χ0n) is 13.0. The molecule has 1 aromatic rings. The number of rotatable bonds is 6. The fourth-order valence-electron chi connectivity index (χ4n) is 2.03. The van der Waals surface area contributed by atoms with E-state index in [1.807, 2.05) is 0 Å². The Morgan fingerprint density at radius 1 is 1.26 bits per heavy atom. The molecule has 23 heavy (non-hydrogen) atoms. The molecule has 0 saturated heterocycles. The SMILES string of the molecule is COC[C@](C)(O)CNC(=O)C(=O)NCc1ccc2c(c1)OCO2. The summed E-state index contributed by atoms with van der Waals surface area (Å²) in [5, 5.41) is 14.7. The maximum atomic E-state index is 11.7.